The van der Waals surface area contributed by atoms with Gasteiger partial charge in [0.1, 0.15) is 11.9 Å². The number of benzene rings is 1. The number of likely N-dealkylation sites (N-methyl/N-ethyl adjacent to an activating group) is 1. The van der Waals surface area contributed by atoms with Crippen molar-refractivity contribution >= 4 is 18.1 Å². The summed E-state index contributed by atoms with van der Waals surface area (Å²) >= 11 is 0. The summed E-state index contributed by atoms with van der Waals surface area (Å²) in [7, 11) is 1.60. The Morgan fingerprint density at radius 3 is 2.63 bits per heavy atom. The summed E-state index contributed by atoms with van der Waals surface area (Å²) in [5.41, 5.74) is -0.407. The molecule has 1 aliphatic rings. The SMILES string of the molecule is CNC1(CC=O)CN(c2ccc(-c3cccc(C(F)(F)F)c3)nc2)CCN1C(=O)O. The molecule has 1 fully saturated rings. The largest absolute Gasteiger partial charge is 0.465 e. The van der Waals surface area contributed by atoms with Crippen LogP contribution in [0.3, 0.4) is 0 Å². The fourth-order valence-corrected chi connectivity index (χ4v) is 3.64. The molecule has 1 saturated heterocycles. The Labute approximate surface area is 171 Å². The lowest BCUT2D eigenvalue weighted by molar-refractivity contribution is -0.137. The third-order valence-corrected chi connectivity index (χ3v) is 5.28. The number of aldehydes is 1. The second kappa shape index (κ2) is 8.31. The van der Waals surface area contributed by atoms with Crippen molar-refractivity contribution in [3.63, 3.8) is 0 Å². The van der Waals surface area contributed by atoms with E-state index >= 15 is 0 Å². The van der Waals surface area contributed by atoms with Crippen LogP contribution in [0.1, 0.15) is 12.0 Å². The standard InChI is InChI=1S/C20H21F3N4O3/c1-24-19(7-10-28)13-26(8-9-27(19)18(29)30)16-5-6-17(25-12-16)14-3-2-4-15(11-14)20(21,22)23/h2-6,10-12,24H,7-9,13H2,1H3,(H,29,30). The number of pyridine rings is 1. The summed E-state index contributed by atoms with van der Waals surface area (Å²) in [4.78, 5) is 30.2. The van der Waals surface area contributed by atoms with Gasteiger partial charge in [-0.2, -0.15) is 13.2 Å². The molecule has 2 heterocycles. The minimum atomic E-state index is -4.44. The monoisotopic (exact) mass is 422 g/mol. The summed E-state index contributed by atoms with van der Waals surface area (Å²) in [6, 6.07) is 8.28. The van der Waals surface area contributed by atoms with Crippen LogP contribution in [-0.2, 0) is 11.0 Å². The number of amides is 1. The average Bonchev–Trinajstić information content (AvgIpc) is 2.73. The molecule has 0 bridgehead atoms. The number of carbonyl (C=O) groups excluding carboxylic acids is 1. The van der Waals surface area contributed by atoms with Gasteiger partial charge in [0.25, 0.3) is 0 Å². The topological polar surface area (TPSA) is 85.8 Å². The van der Waals surface area contributed by atoms with Crippen LogP contribution in [0.2, 0.25) is 0 Å². The van der Waals surface area contributed by atoms with E-state index in [-0.39, 0.29) is 19.5 Å². The number of nitrogens with one attached hydrogen (secondary N) is 1. The number of halogens is 3. The number of aromatic nitrogens is 1. The Hall–Kier alpha value is -3.14. The predicted octanol–water partition coefficient (Wildman–Crippen LogP) is 3.07. The van der Waals surface area contributed by atoms with Crippen LogP contribution in [0.4, 0.5) is 23.7 Å². The summed E-state index contributed by atoms with van der Waals surface area (Å²) in [6.45, 7) is 0.789. The molecule has 3 rings (SSSR count). The highest BCUT2D eigenvalue weighted by atomic mass is 19.4. The number of alkyl halides is 3. The number of anilines is 1. The Balaban J connectivity index is 1.84. The van der Waals surface area contributed by atoms with Crippen LogP contribution < -0.4 is 10.2 Å². The molecule has 160 valence electrons. The smallest absolute Gasteiger partial charge is 0.416 e. The number of hydrogen-bond acceptors (Lipinski definition) is 5. The van der Waals surface area contributed by atoms with Crippen molar-refractivity contribution in [3.05, 3.63) is 48.2 Å². The van der Waals surface area contributed by atoms with Crippen LogP contribution in [-0.4, -0.2) is 59.7 Å². The summed E-state index contributed by atoms with van der Waals surface area (Å²) in [5.74, 6) is 0. The molecule has 1 aromatic heterocycles. The van der Waals surface area contributed by atoms with E-state index in [4.69, 9.17) is 0 Å². The minimum Gasteiger partial charge on any atom is -0.465 e. The molecule has 0 saturated carbocycles. The molecule has 0 radical (unpaired) electrons. The molecule has 2 N–H and O–H groups in total. The van der Waals surface area contributed by atoms with Gasteiger partial charge in [-0.05, 0) is 31.3 Å². The highest BCUT2D eigenvalue weighted by Crippen LogP contribution is 2.32. The molecular weight excluding hydrogens is 401 g/mol. The first-order valence-electron chi connectivity index (χ1n) is 9.22. The van der Waals surface area contributed by atoms with Crippen molar-refractivity contribution < 1.29 is 27.9 Å². The lowest BCUT2D eigenvalue weighted by atomic mass is 10.0. The molecule has 1 unspecified atom stereocenters. The number of rotatable bonds is 5. The quantitative estimate of drug-likeness (QED) is 0.721. The number of carbonyl (C=O) groups is 2. The fourth-order valence-electron chi connectivity index (χ4n) is 3.64. The molecule has 2 aromatic rings. The van der Waals surface area contributed by atoms with Crippen molar-refractivity contribution in [1.82, 2.24) is 15.2 Å². The van der Waals surface area contributed by atoms with Crippen LogP contribution in [0.5, 0.6) is 0 Å². The number of piperazine rings is 1. The van der Waals surface area contributed by atoms with Crippen LogP contribution >= 0.6 is 0 Å². The van der Waals surface area contributed by atoms with Gasteiger partial charge in [-0.1, -0.05) is 12.1 Å². The minimum absolute atomic E-state index is 0.0257. The van der Waals surface area contributed by atoms with E-state index in [9.17, 15) is 27.9 Å². The first-order chi connectivity index (χ1) is 14.2. The highest BCUT2D eigenvalue weighted by molar-refractivity contribution is 5.69. The van der Waals surface area contributed by atoms with Crippen LogP contribution in [0, 0.1) is 0 Å². The van der Waals surface area contributed by atoms with Gasteiger partial charge in [0.15, 0.2) is 0 Å². The predicted molar refractivity (Wildman–Crippen MR) is 104 cm³/mol. The average molecular weight is 422 g/mol. The molecule has 1 aliphatic heterocycles. The zero-order chi connectivity index (χ0) is 21.9. The van der Waals surface area contributed by atoms with E-state index in [0.717, 1.165) is 12.1 Å². The molecule has 0 aliphatic carbocycles. The van der Waals surface area contributed by atoms with Crippen molar-refractivity contribution in [2.24, 2.45) is 0 Å². The lowest BCUT2D eigenvalue weighted by Crippen LogP contribution is -2.70. The maximum atomic E-state index is 12.9. The van der Waals surface area contributed by atoms with E-state index in [0.29, 0.717) is 29.8 Å². The maximum Gasteiger partial charge on any atom is 0.416 e. The number of hydrogen-bond donors (Lipinski definition) is 2. The van der Waals surface area contributed by atoms with E-state index < -0.39 is 23.5 Å². The summed E-state index contributed by atoms with van der Waals surface area (Å²) < 4.78 is 38.8. The Kier molecular flexibility index (Phi) is 5.97. The molecular formula is C20H21F3N4O3. The molecule has 0 spiro atoms. The molecule has 30 heavy (non-hydrogen) atoms. The number of nitrogens with zero attached hydrogens (tertiary/aromatic N) is 3. The van der Waals surface area contributed by atoms with Gasteiger partial charge in [-0.25, -0.2) is 4.79 Å². The van der Waals surface area contributed by atoms with Crippen molar-refractivity contribution in [1.29, 1.82) is 0 Å². The van der Waals surface area contributed by atoms with Gasteiger partial charge in [-0.3, -0.25) is 15.2 Å². The molecule has 1 aromatic carbocycles. The maximum absolute atomic E-state index is 12.9. The van der Waals surface area contributed by atoms with Gasteiger partial charge in [0, 0.05) is 25.1 Å². The van der Waals surface area contributed by atoms with Crippen LogP contribution in [0.25, 0.3) is 11.3 Å². The Morgan fingerprint density at radius 1 is 1.30 bits per heavy atom. The molecule has 7 nitrogen and oxygen atoms in total. The molecule has 10 heteroatoms. The molecule has 1 atom stereocenters. The van der Waals surface area contributed by atoms with E-state index in [1.807, 2.05) is 4.90 Å². The van der Waals surface area contributed by atoms with Crippen molar-refractivity contribution in [2.75, 3.05) is 31.6 Å². The zero-order valence-electron chi connectivity index (χ0n) is 16.2. The third-order valence-electron chi connectivity index (χ3n) is 5.28. The second-order valence-corrected chi connectivity index (χ2v) is 6.99. The van der Waals surface area contributed by atoms with Crippen molar-refractivity contribution in [2.45, 2.75) is 18.3 Å². The number of carboxylic acid groups (broad SMARTS) is 1. The van der Waals surface area contributed by atoms with Gasteiger partial charge in [0.05, 0.1) is 29.7 Å². The van der Waals surface area contributed by atoms with Gasteiger partial charge >= 0.3 is 12.3 Å². The Morgan fingerprint density at radius 2 is 2.07 bits per heavy atom. The van der Waals surface area contributed by atoms with Gasteiger partial charge in [0.2, 0.25) is 0 Å². The third kappa shape index (κ3) is 4.23. The summed E-state index contributed by atoms with van der Waals surface area (Å²) in [6.07, 6.45) is -3.38. The molecule has 1 amide bonds. The fraction of sp³-hybridized carbons (Fsp3) is 0.350. The first-order valence-corrected chi connectivity index (χ1v) is 9.22. The van der Waals surface area contributed by atoms with E-state index in [2.05, 4.69) is 10.3 Å². The van der Waals surface area contributed by atoms with Crippen molar-refractivity contribution in [3.8, 4) is 11.3 Å². The van der Waals surface area contributed by atoms with E-state index in [1.54, 1.807) is 25.2 Å². The van der Waals surface area contributed by atoms with E-state index in [1.165, 1.54) is 17.2 Å². The van der Waals surface area contributed by atoms with Crippen LogP contribution in [0.15, 0.2) is 42.6 Å². The van der Waals surface area contributed by atoms with Gasteiger partial charge < -0.3 is 14.8 Å². The zero-order valence-corrected chi connectivity index (χ0v) is 16.2. The van der Waals surface area contributed by atoms with Gasteiger partial charge in [-0.15, -0.1) is 0 Å². The summed E-state index contributed by atoms with van der Waals surface area (Å²) in [5, 5.41) is 12.4. The first kappa shape index (κ1) is 21.6. The second-order valence-electron chi connectivity index (χ2n) is 6.99. The lowest BCUT2D eigenvalue weighted by Gasteiger charge is -2.49. The normalized spacial score (nSPS) is 19.6. The highest BCUT2D eigenvalue weighted by Gasteiger charge is 2.43. The Bertz CT molecular complexity index is 920.